The van der Waals surface area contributed by atoms with Crippen LogP contribution in [0, 0.1) is 0 Å². The fourth-order valence-corrected chi connectivity index (χ4v) is 3.74. The quantitative estimate of drug-likeness (QED) is 0.838. The third kappa shape index (κ3) is 5.75. The number of nitrogens with two attached hydrogens (primary N) is 1. The molecule has 1 aliphatic heterocycles. The summed E-state index contributed by atoms with van der Waals surface area (Å²) < 4.78 is 0. The Bertz CT molecular complexity index is 687. The predicted molar refractivity (Wildman–Crippen MR) is 109 cm³/mol. The lowest BCUT2D eigenvalue weighted by Crippen LogP contribution is -2.31. The zero-order chi connectivity index (χ0) is 16.8. The summed E-state index contributed by atoms with van der Waals surface area (Å²) >= 11 is 2.01. The second kappa shape index (κ2) is 9.82. The van der Waals surface area contributed by atoms with Crippen molar-refractivity contribution >= 4 is 35.8 Å². The normalized spacial score (nSPS) is 14.6. The Balaban J connectivity index is 0.00000225. The molecule has 0 bridgehead atoms. The molecule has 0 spiro atoms. The third-order valence-electron chi connectivity index (χ3n) is 4.15. The van der Waals surface area contributed by atoms with Gasteiger partial charge in [-0.25, -0.2) is 0 Å². The summed E-state index contributed by atoms with van der Waals surface area (Å²) in [6.07, 6.45) is 0. The van der Waals surface area contributed by atoms with Crippen molar-refractivity contribution in [1.29, 1.82) is 0 Å². The fourth-order valence-electron chi connectivity index (χ4n) is 2.76. The van der Waals surface area contributed by atoms with Crippen LogP contribution >= 0.6 is 24.2 Å². The van der Waals surface area contributed by atoms with Gasteiger partial charge in [0, 0.05) is 48.9 Å². The largest absolute Gasteiger partial charge is 0.326 e. The van der Waals surface area contributed by atoms with Crippen molar-refractivity contribution in [2.75, 3.05) is 29.9 Å². The molecule has 1 amide bonds. The molecule has 2 aromatic rings. The molecule has 0 unspecified atom stereocenters. The number of rotatable bonds is 5. The van der Waals surface area contributed by atoms with E-state index in [0.29, 0.717) is 12.1 Å². The van der Waals surface area contributed by atoms with Gasteiger partial charge < -0.3 is 11.1 Å². The van der Waals surface area contributed by atoms with Crippen LogP contribution in [0.2, 0.25) is 0 Å². The number of amides is 1. The van der Waals surface area contributed by atoms with Crippen LogP contribution in [0.5, 0.6) is 0 Å². The minimum absolute atomic E-state index is 0. The Morgan fingerprint density at radius 2 is 1.80 bits per heavy atom. The minimum Gasteiger partial charge on any atom is -0.326 e. The molecule has 0 atom stereocenters. The van der Waals surface area contributed by atoms with Gasteiger partial charge >= 0.3 is 0 Å². The van der Waals surface area contributed by atoms with E-state index >= 15 is 0 Å². The lowest BCUT2D eigenvalue weighted by Gasteiger charge is -2.26. The molecule has 4 nitrogen and oxygen atoms in total. The molecule has 134 valence electrons. The summed E-state index contributed by atoms with van der Waals surface area (Å²) in [6, 6.07) is 15.5. The van der Waals surface area contributed by atoms with Crippen molar-refractivity contribution in [3.8, 4) is 0 Å². The zero-order valence-electron chi connectivity index (χ0n) is 14.1. The first kappa shape index (κ1) is 19.8. The molecular formula is C19H24ClN3OS. The first-order valence-corrected chi connectivity index (χ1v) is 9.39. The van der Waals surface area contributed by atoms with Crippen molar-refractivity contribution in [2.45, 2.75) is 13.1 Å². The van der Waals surface area contributed by atoms with Crippen LogP contribution in [0.15, 0.2) is 48.5 Å². The predicted octanol–water partition coefficient (Wildman–Crippen LogP) is 3.37. The molecule has 0 radical (unpaired) electrons. The number of thioether (sulfide) groups is 1. The van der Waals surface area contributed by atoms with Crippen LogP contribution in [0.1, 0.15) is 21.5 Å². The Hall–Kier alpha value is -1.53. The summed E-state index contributed by atoms with van der Waals surface area (Å²) in [5.74, 6) is 2.31. The van der Waals surface area contributed by atoms with Gasteiger partial charge in [-0.1, -0.05) is 24.3 Å². The van der Waals surface area contributed by atoms with Gasteiger partial charge in [-0.3, -0.25) is 9.69 Å². The Kier molecular flexibility index (Phi) is 7.78. The Morgan fingerprint density at radius 1 is 1.08 bits per heavy atom. The number of hydrogen-bond acceptors (Lipinski definition) is 4. The number of hydrogen-bond donors (Lipinski definition) is 2. The lowest BCUT2D eigenvalue weighted by atomic mass is 10.1. The van der Waals surface area contributed by atoms with Gasteiger partial charge in [-0.05, 0) is 35.4 Å². The zero-order valence-corrected chi connectivity index (χ0v) is 15.7. The van der Waals surface area contributed by atoms with Crippen molar-refractivity contribution in [1.82, 2.24) is 4.90 Å². The second-order valence-electron chi connectivity index (χ2n) is 5.94. The average molecular weight is 378 g/mol. The minimum atomic E-state index is -0.0925. The van der Waals surface area contributed by atoms with Gasteiger partial charge in [-0.2, -0.15) is 11.8 Å². The molecule has 1 saturated heterocycles. The van der Waals surface area contributed by atoms with Crippen LogP contribution in [0.25, 0.3) is 0 Å². The van der Waals surface area contributed by atoms with Gasteiger partial charge in [0.1, 0.15) is 0 Å². The van der Waals surface area contributed by atoms with Crippen LogP contribution in [0.4, 0.5) is 5.69 Å². The highest BCUT2D eigenvalue weighted by Gasteiger charge is 2.11. The van der Waals surface area contributed by atoms with Crippen LogP contribution in [-0.2, 0) is 13.1 Å². The molecule has 0 aromatic heterocycles. The summed E-state index contributed by atoms with van der Waals surface area (Å²) in [6.45, 7) is 3.69. The summed E-state index contributed by atoms with van der Waals surface area (Å²) in [7, 11) is 0. The molecule has 0 saturated carbocycles. The van der Waals surface area contributed by atoms with E-state index in [0.717, 1.165) is 30.9 Å². The molecule has 3 N–H and O–H groups in total. The van der Waals surface area contributed by atoms with Crippen LogP contribution in [-0.4, -0.2) is 35.4 Å². The van der Waals surface area contributed by atoms with Crippen LogP contribution < -0.4 is 11.1 Å². The molecule has 2 aromatic carbocycles. The van der Waals surface area contributed by atoms with Gasteiger partial charge in [0.15, 0.2) is 0 Å². The van der Waals surface area contributed by atoms with Gasteiger partial charge in [0.25, 0.3) is 5.91 Å². The van der Waals surface area contributed by atoms with Crippen molar-refractivity contribution in [3.63, 3.8) is 0 Å². The summed E-state index contributed by atoms with van der Waals surface area (Å²) in [5.41, 5.74) is 9.33. The van der Waals surface area contributed by atoms with Crippen LogP contribution in [0.3, 0.4) is 0 Å². The molecular weight excluding hydrogens is 354 g/mol. The maximum absolute atomic E-state index is 12.4. The fraction of sp³-hybridized carbons (Fsp3) is 0.316. The number of nitrogens with zero attached hydrogens (tertiary/aromatic N) is 1. The van der Waals surface area contributed by atoms with Gasteiger partial charge in [0.2, 0.25) is 0 Å². The highest BCUT2D eigenvalue weighted by atomic mass is 35.5. The maximum Gasteiger partial charge on any atom is 0.255 e. The van der Waals surface area contributed by atoms with E-state index in [2.05, 4.69) is 22.3 Å². The molecule has 1 fully saturated rings. The highest BCUT2D eigenvalue weighted by molar-refractivity contribution is 7.99. The highest BCUT2D eigenvalue weighted by Crippen LogP contribution is 2.17. The second-order valence-corrected chi connectivity index (χ2v) is 7.17. The number of carbonyl (C=O) groups is 1. The molecule has 6 heteroatoms. The van der Waals surface area contributed by atoms with E-state index in [9.17, 15) is 4.79 Å². The number of anilines is 1. The summed E-state index contributed by atoms with van der Waals surface area (Å²) in [4.78, 5) is 14.8. The number of benzene rings is 2. The molecule has 1 aliphatic rings. The number of halogens is 1. The van der Waals surface area contributed by atoms with E-state index in [1.165, 1.54) is 17.1 Å². The van der Waals surface area contributed by atoms with E-state index in [4.69, 9.17) is 5.73 Å². The summed E-state index contributed by atoms with van der Waals surface area (Å²) in [5, 5.41) is 2.98. The van der Waals surface area contributed by atoms with E-state index in [-0.39, 0.29) is 18.3 Å². The van der Waals surface area contributed by atoms with Crippen molar-refractivity contribution in [2.24, 2.45) is 5.73 Å². The van der Waals surface area contributed by atoms with Crippen molar-refractivity contribution < 1.29 is 4.79 Å². The Morgan fingerprint density at radius 3 is 2.48 bits per heavy atom. The Labute approximate surface area is 159 Å². The molecule has 1 heterocycles. The number of nitrogens with one attached hydrogen (secondary N) is 1. The monoisotopic (exact) mass is 377 g/mol. The lowest BCUT2D eigenvalue weighted by molar-refractivity contribution is 0.102. The van der Waals surface area contributed by atoms with Gasteiger partial charge in [0.05, 0.1) is 0 Å². The van der Waals surface area contributed by atoms with E-state index in [1.807, 2.05) is 48.2 Å². The third-order valence-corrected chi connectivity index (χ3v) is 5.09. The van der Waals surface area contributed by atoms with Crippen molar-refractivity contribution in [3.05, 3.63) is 65.2 Å². The van der Waals surface area contributed by atoms with E-state index in [1.54, 1.807) is 0 Å². The molecule has 0 aliphatic carbocycles. The topological polar surface area (TPSA) is 58.4 Å². The first-order chi connectivity index (χ1) is 11.7. The first-order valence-electron chi connectivity index (χ1n) is 8.24. The maximum atomic E-state index is 12.4. The average Bonchev–Trinajstić information content (AvgIpc) is 2.63. The smallest absolute Gasteiger partial charge is 0.255 e. The SMILES string of the molecule is Cl.NCc1ccc(C(=O)Nc2cccc(CN3CCSCC3)c2)cc1. The molecule has 25 heavy (non-hydrogen) atoms. The van der Waals surface area contributed by atoms with E-state index < -0.39 is 0 Å². The van der Waals surface area contributed by atoms with Gasteiger partial charge in [-0.15, -0.1) is 12.4 Å². The number of carbonyl (C=O) groups excluding carboxylic acids is 1. The molecule has 3 rings (SSSR count). The standard InChI is InChI=1S/C19H23N3OS.ClH/c20-13-15-4-6-17(7-5-15)19(23)21-18-3-1-2-16(12-18)14-22-8-10-24-11-9-22;/h1-7,12H,8-11,13-14,20H2,(H,21,23);1H.